The van der Waals surface area contributed by atoms with Crippen LogP contribution in [0.2, 0.25) is 0 Å². The highest BCUT2D eigenvalue weighted by Gasteiger charge is 2.15. The van der Waals surface area contributed by atoms with Gasteiger partial charge in [-0.1, -0.05) is 35.7 Å². The Hall–Kier alpha value is -1.11. The second-order valence-corrected chi connectivity index (χ2v) is 9.14. The number of para-hydroxylation sites is 1. The first-order chi connectivity index (χ1) is 11.3. The summed E-state index contributed by atoms with van der Waals surface area (Å²) >= 11 is 5.25. The Bertz CT molecular complexity index is 811. The fraction of sp³-hybridized carbons (Fsp3) is 0.353. The third-order valence-electron chi connectivity index (χ3n) is 4.01. The molecule has 0 amide bonds. The van der Waals surface area contributed by atoms with Crippen molar-refractivity contribution in [1.82, 2.24) is 15.0 Å². The summed E-state index contributed by atoms with van der Waals surface area (Å²) in [5, 5.41) is 1.81. The van der Waals surface area contributed by atoms with Gasteiger partial charge >= 0.3 is 0 Å². The summed E-state index contributed by atoms with van der Waals surface area (Å²) in [6.45, 7) is 2.12. The molecule has 0 aliphatic heterocycles. The van der Waals surface area contributed by atoms with Crippen LogP contribution in [0, 0.1) is 6.92 Å². The molecule has 6 heteroatoms. The maximum absolute atomic E-state index is 4.77. The fourth-order valence-electron chi connectivity index (χ4n) is 2.86. The number of thioether (sulfide) groups is 2. The predicted octanol–water partition coefficient (Wildman–Crippen LogP) is 5.12. The fourth-order valence-corrected chi connectivity index (χ4v) is 6.10. The highest BCUT2D eigenvalue weighted by atomic mass is 32.2. The first-order valence-corrected chi connectivity index (χ1v) is 10.6. The largest absolute Gasteiger partial charge is 0.230 e. The Labute approximate surface area is 148 Å². The Balaban J connectivity index is 1.43. The highest BCUT2D eigenvalue weighted by molar-refractivity contribution is 8.16. The number of benzene rings is 1. The zero-order valence-corrected chi connectivity index (χ0v) is 15.4. The number of nitrogens with zero attached hydrogens (tertiary/aromatic N) is 3. The van der Waals surface area contributed by atoms with Gasteiger partial charge in [0, 0.05) is 11.4 Å². The lowest BCUT2D eigenvalue weighted by Gasteiger charge is -2.17. The summed E-state index contributed by atoms with van der Waals surface area (Å²) in [5.74, 6) is 0. The van der Waals surface area contributed by atoms with E-state index in [0.29, 0.717) is 0 Å². The Morgan fingerprint density at radius 3 is 2.83 bits per heavy atom. The van der Waals surface area contributed by atoms with E-state index in [1.807, 2.05) is 6.07 Å². The lowest BCUT2D eigenvalue weighted by molar-refractivity contribution is 0.642. The second-order valence-electron chi connectivity index (χ2n) is 5.58. The zero-order valence-electron chi connectivity index (χ0n) is 12.9. The van der Waals surface area contributed by atoms with E-state index in [9.17, 15) is 0 Å². The van der Waals surface area contributed by atoms with E-state index < -0.39 is 0 Å². The molecule has 118 valence electrons. The highest BCUT2D eigenvalue weighted by Crippen LogP contribution is 2.33. The van der Waals surface area contributed by atoms with E-state index >= 15 is 0 Å². The molecule has 3 nitrogen and oxygen atoms in total. The van der Waals surface area contributed by atoms with Crippen molar-refractivity contribution < 1.29 is 0 Å². The van der Waals surface area contributed by atoms with Crippen molar-refractivity contribution in [1.29, 1.82) is 0 Å². The van der Waals surface area contributed by atoms with Gasteiger partial charge in [0.15, 0.2) is 9.50 Å². The van der Waals surface area contributed by atoms with Gasteiger partial charge in [0.25, 0.3) is 0 Å². The summed E-state index contributed by atoms with van der Waals surface area (Å²) in [7, 11) is 0. The first-order valence-electron chi connectivity index (χ1n) is 7.77. The third kappa shape index (κ3) is 3.39. The molecule has 2 aromatic heterocycles. The van der Waals surface area contributed by atoms with E-state index in [4.69, 9.17) is 4.98 Å². The Morgan fingerprint density at radius 1 is 1.04 bits per heavy atom. The maximum atomic E-state index is 4.77. The number of fused-ring (bicyclic) bond motifs is 2. The van der Waals surface area contributed by atoms with Gasteiger partial charge in [-0.25, -0.2) is 15.0 Å². The summed E-state index contributed by atoms with van der Waals surface area (Å²) in [6.07, 6.45) is 4.79. The molecule has 1 aromatic carbocycles. The molecule has 23 heavy (non-hydrogen) atoms. The molecule has 0 bridgehead atoms. The minimum absolute atomic E-state index is 0.901. The van der Waals surface area contributed by atoms with E-state index in [0.717, 1.165) is 32.9 Å². The molecule has 0 fully saturated rings. The Kier molecular flexibility index (Phi) is 4.55. The van der Waals surface area contributed by atoms with Crippen LogP contribution in [-0.4, -0.2) is 20.0 Å². The molecule has 0 saturated carbocycles. The molecule has 3 aromatic rings. The van der Waals surface area contributed by atoms with Crippen LogP contribution in [0.5, 0.6) is 0 Å². The van der Waals surface area contributed by atoms with Gasteiger partial charge in [0.2, 0.25) is 0 Å². The van der Waals surface area contributed by atoms with Crippen molar-refractivity contribution in [3.63, 3.8) is 0 Å². The summed E-state index contributed by atoms with van der Waals surface area (Å²) in [5.41, 5.74) is 4.92. The van der Waals surface area contributed by atoms with E-state index in [2.05, 4.69) is 35.1 Å². The van der Waals surface area contributed by atoms with E-state index in [1.54, 1.807) is 34.9 Å². The van der Waals surface area contributed by atoms with Crippen LogP contribution in [0.25, 0.3) is 10.2 Å². The molecule has 0 N–H and O–H groups in total. The monoisotopic (exact) mass is 359 g/mol. The van der Waals surface area contributed by atoms with Gasteiger partial charge in [-0.05, 0) is 50.3 Å². The smallest absolute Gasteiger partial charge is 0.188 e. The number of hydrogen-bond acceptors (Lipinski definition) is 6. The standard InChI is InChI=1S/C17H17N3S3/c1-11-12-6-2-3-7-13(12)19-16(18-11)21-10-22-17-20-14-8-4-5-9-15(14)23-17/h4-5,8-9H,2-3,6-7,10H2,1H3. The number of rotatable bonds is 4. The predicted molar refractivity (Wildman–Crippen MR) is 99.6 cm³/mol. The van der Waals surface area contributed by atoms with Crippen molar-refractivity contribution in [3.8, 4) is 0 Å². The normalized spacial score (nSPS) is 14.1. The Morgan fingerprint density at radius 2 is 1.91 bits per heavy atom. The van der Waals surface area contributed by atoms with Crippen molar-refractivity contribution in [3.05, 3.63) is 41.2 Å². The van der Waals surface area contributed by atoms with Crippen LogP contribution in [-0.2, 0) is 12.8 Å². The van der Waals surface area contributed by atoms with Gasteiger partial charge in [0.1, 0.15) is 0 Å². The van der Waals surface area contributed by atoms with Crippen molar-refractivity contribution in [2.45, 2.75) is 42.1 Å². The molecule has 4 rings (SSSR count). The minimum atomic E-state index is 0.901. The van der Waals surface area contributed by atoms with Crippen molar-refractivity contribution >= 4 is 45.1 Å². The average molecular weight is 360 g/mol. The average Bonchev–Trinajstić information content (AvgIpc) is 2.98. The molecule has 0 atom stereocenters. The summed E-state index contributed by atoms with van der Waals surface area (Å²) in [4.78, 5) is 14.1. The molecule has 0 spiro atoms. The molecule has 0 radical (unpaired) electrons. The number of aromatic nitrogens is 3. The van der Waals surface area contributed by atoms with Crippen LogP contribution in [0.1, 0.15) is 29.8 Å². The third-order valence-corrected chi connectivity index (χ3v) is 7.17. The van der Waals surface area contributed by atoms with Gasteiger partial charge in [-0.2, -0.15) is 0 Å². The number of hydrogen-bond donors (Lipinski definition) is 0. The molecular formula is C17H17N3S3. The molecule has 1 aliphatic carbocycles. The lowest BCUT2D eigenvalue weighted by Crippen LogP contribution is -2.10. The molecule has 1 aliphatic rings. The quantitative estimate of drug-likeness (QED) is 0.367. The van der Waals surface area contributed by atoms with E-state index in [-0.39, 0.29) is 0 Å². The summed E-state index contributed by atoms with van der Waals surface area (Å²) in [6, 6.07) is 8.29. The van der Waals surface area contributed by atoms with Gasteiger partial charge in [-0.3, -0.25) is 0 Å². The molecule has 0 unspecified atom stereocenters. The minimum Gasteiger partial charge on any atom is -0.230 e. The molecular weight excluding hydrogens is 342 g/mol. The van der Waals surface area contributed by atoms with Gasteiger partial charge < -0.3 is 0 Å². The van der Waals surface area contributed by atoms with Crippen LogP contribution < -0.4 is 0 Å². The number of thiazole rings is 1. The summed E-state index contributed by atoms with van der Waals surface area (Å²) < 4.78 is 2.37. The van der Waals surface area contributed by atoms with Crippen molar-refractivity contribution in [2.75, 3.05) is 5.08 Å². The van der Waals surface area contributed by atoms with Crippen LogP contribution in [0.15, 0.2) is 33.8 Å². The SMILES string of the molecule is Cc1nc(SCSc2nc3ccccc3s2)nc2c1CCCC2. The van der Waals surface area contributed by atoms with Crippen LogP contribution in [0.3, 0.4) is 0 Å². The second kappa shape index (κ2) is 6.79. The maximum Gasteiger partial charge on any atom is 0.188 e. The zero-order chi connectivity index (χ0) is 15.6. The lowest BCUT2D eigenvalue weighted by atomic mass is 9.95. The number of aryl methyl sites for hydroxylation is 2. The first kappa shape index (κ1) is 15.4. The van der Waals surface area contributed by atoms with Gasteiger partial charge in [-0.15, -0.1) is 11.3 Å². The molecule has 0 saturated heterocycles. The van der Waals surface area contributed by atoms with Gasteiger partial charge in [0.05, 0.1) is 15.3 Å². The van der Waals surface area contributed by atoms with Crippen molar-refractivity contribution in [2.24, 2.45) is 0 Å². The van der Waals surface area contributed by atoms with E-state index in [1.165, 1.54) is 34.5 Å². The van der Waals surface area contributed by atoms with Crippen LogP contribution >= 0.6 is 34.9 Å². The molecule has 2 heterocycles. The topological polar surface area (TPSA) is 38.7 Å². The van der Waals surface area contributed by atoms with Crippen LogP contribution in [0.4, 0.5) is 0 Å².